The number of thiocarbonyl (C=S) groups is 1. The molecule has 8 nitrogen and oxygen atoms in total. The number of hydrogen-bond acceptors (Lipinski definition) is 5. The molecule has 0 aliphatic heterocycles. The summed E-state index contributed by atoms with van der Waals surface area (Å²) in [6, 6.07) is 14.2. The molecule has 132 valence electrons. The Morgan fingerprint density at radius 1 is 1.23 bits per heavy atom. The summed E-state index contributed by atoms with van der Waals surface area (Å²) in [6.45, 7) is 2.64. The van der Waals surface area contributed by atoms with Crippen LogP contribution in [0.5, 0.6) is 0 Å². The molecule has 26 heavy (non-hydrogen) atoms. The molecule has 3 aromatic rings. The van der Waals surface area contributed by atoms with Gasteiger partial charge in [-0.05, 0) is 30.8 Å². The lowest BCUT2D eigenvalue weighted by Crippen LogP contribution is -2.20. The molecule has 0 unspecified atom stereocenters. The summed E-state index contributed by atoms with van der Waals surface area (Å²) in [5.41, 5.74) is 2.81. The molecule has 0 atom stereocenters. The van der Waals surface area contributed by atoms with Crippen molar-refractivity contribution in [2.45, 2.75) is 13.5 Å². The van der Waals surface area contributed by atoms with Crippen LogP contribution in [0.25, 0.3) is 0 Å². The van der Waals surface area contributed by atoms with E-state index in [0.29, 0.717) is 18.2 Å². The maximum absolute atomic E-state index is 10.8. The van der Waals surface area contributed by atoms with Gasteiger partial charge in [0, 0.05) is 17.8 Å². The number of nitro groups is 1. The van der Waals surface area contributed by atoms with Crippen molar-refractivity contribution < 1.29 is 4.92 Å². The van der Waals surface area contributed by atoms with E-state index in [4.69, 9.17) is 12.2 Å². The molecule has 0 saturated heterocycles. The molecule has 0 fully saturated rings. The minimum Gasteiger partial charge on any atom is -0.332 e. The van der Waals surface area contributed by atoms with E-state index in [0.717, 1.165) is 5.56 Å². The fraction of sp³-hybridized carbons (Fsp3) is 0.118. The third-order valence-electron chi connectivity index (χ3n) is 3.54. The number of nitro benzene ring substituents is 1. The van der Waals surface area contributed by atoms with Crippen LogP contribution in [0, 0.1) is 17.0 Å². The third kappa shape index (κ3) is 4.61. The Morgan fingerprint density at radius 3 is 2.73 bits per heavy atom. The van der Waals surface area contributed by atoms with Crippen molar-refractivity contribution in [2.75, 3.05) is 10.6 Å². The summed E-state index contributed by atoms with van der Waals surface area (Å²) in [6.07, 6.45) is 1.61. The number of nitrogens with zero attached hydrogens (tertiary/aromatic N) is 4. The molecule has 0 amide bonds. The number of aryl methyl sites for hydroxylation is 1. The smallest absolute Gasteiger partial charge is 0.271 e. The highest BCUT2D eigenvalue weighted by atomic mass is 32.1. The molecule has 3 rings (SSSR count). The van der Waals surface area contributed by atoms with Gasteiger partial charge in [0.2, 0.25) is 5.95 Å². The number of non-ortho nitro benzene ring substituents is 1. The highest BCUT2D eigenvalue weighted by Crippen LogP contribution is 2.17. The number of rotatable bonds is 5. The Kier molecular flexibility index (Phi) is 5.18. The Bertz CT molecular complexity index is 938. The predicted octanol–water partition coefficient (Wildman–Crippen LogP) is 3.35. The van der Waals surface area contributed by atoms with Crippen molar-refractivity contribution in [3.05, 3.63) is 76.1 Å². The molecule has 0 aliphatic carbocycles. The average molecular weight is 368 g/mol. The van der Waals surface area contributed by atoms with E-state index in [1.165, 1.54) is 17.7 Å². The summed E-state index contributed by atoms with van der Waals surface area (Å²) in [4.78, 5) is 14.5. The second-order valence-corrected chi connectivity index (χ2v) is 6.05. The molecule has 2 N–H and O–H groups in total. The van der Waals surface area contributed by atoms with Crippen molar-refractivity contribution in [2.24, 2.45) is 0 Å². The SMILES string of the molecule is Cc1ccc(Cn2cnc(NC(=S)Nc3cccc([N+](=O)[O-])c3)n2)cc1. The van der Waals surface area contributed by atoms with Crippen molar-refractivity contribution in [3.8, 4) is 0 Å². The molecule has 0 aliphatic rings. The number of hydrogen-bond donors (Lipinski definition) is 2. The number of aromatic nitrogens is 3. The fourth-order valence-electron chi connectivity index (χ4n) is 2.27. The molecule has 9 heteroatoms. The first kappa shape index (κ1) is 17.5. The van der Waals surface area contributed by atoms with Gasteiger partial charge in [-0.1, -0.05) is 35.9 Å². The van der Waals surface area contributed by atoms with Crippen LogP contribution >= 0.6 is 12.2 Å². The van der Waals surface area contributed by atoms with E-state index in [2.05, 4.69) is 20.7 Å². The predicted molar refractivity (Wildman–Crippen MR) is 103 cm³/mol. The second kappa shape index (κ2) is 7.70. The second-order valence-electron chi connectivity index (χ2n) is 5.64. The molecular formula is C17H16N6O2S. The van der Waals surface area contributed by atoms with Gasteiger partial charge in [-0.25, -0.2) is 9.67 Å². The molecule has 0 saturated carbocycles. The van der Waals surface area contributed by atoms with Crippen LogP contribution in [0.3, 0.4) is 0 Å². The fourth-order valence-corrected chi connectivity index (χ4v) is 2.48. The van der Waals surface area contributed by atoms with Gasteiger partial charge >= 0.3 is 0 Å². The lowest BCUT2D eigenvalue weighted by atomic mass is 10.1. The highest BCUT2D eigenvalue weighted by molar-refractivity contribution is 7.80. The van der Waals surface area contributed by atoms with E-state index < -0.39 is 4.92 Å². The van der Waals surface area contributed by atoms with Crippen LogP contribution in [0.2, 0.25) is 0 Å². The van der Waals surface area contributed by atoms with E-state index in [1.54, 1.807) is 23.1 Å². The first-order valence-corrected chi connectivity index (χ1v) is 8.18. The standard InChI is InChI=1S/C17H16N6O2S/c1-12-5-7-13(8-6-12)10-22-11-18-16(21-22)20-17(26)19-14-3-2-4-15(9-14)23(24)25/h2-9,11H,10H2,1H3,(H2,19,20,21,26). The van der Waals surface area contributed by atoms with Crippen LogP contribution < -0.4 is 10.6 Å². The number of nitrogens with one attached hydrogen (secondary N) is 2. The van der Waals surface area contributed by atoms with Crippen molar-refractivity contribution in [1.29, 1.82) is 0 Å². The average Bonchev–Trinajstić information content (AvgIpc) is 3.04. The van der Waals surface area contributed by atoms with Gasteiger partial charge in [-0.15, -0.1) is 5.10 Å². The van der Waals surface area contributed by atoms with Crippen molar-refractivity contribution in [1.82, 2.24) is 14.8 Å². The molecule has 2 aromatic carbocycles. The van der Waals surface area contributed by atoms with Crippen LogP contribution in [0.4, 0.5) is 17.3 Å². The highest BCUT2D eigenvalue weighted by Gasteiger charge is 2.08. The zero-order valence-electron chi connectivity index (χ0n) is 13.9. The maximum atomic E-state index is 10.8. The summed E-state index contributed by atoms with van der Waals surface area (Å²) in [5, 5.41) is 21.1. The molecule has 1 aromatic heterocycles. The van der Waals surface area contributed by atoms with Gasteiger partial charge < -0.3 is 5.32 Å². The lowest BCUT2D eigenvalue weighted by Gasteiger charge is -2.07. The van der Waals surface area contributed by atoms with Gasteiger partial charge in [-0.3, -0.25) is 15.4 Å². The molecular weight excluding hydrogens is 352 g/mol. The van der Waals surface area contributed by atoms with Crippen LogP contribution in [0.1, 0.15) is 11.1 Å². The van der Waals surface area contributed by atoms with Crippen molar-refractivity contribution >= 4 is 34.7 Å². The zero-order valence-corrected chi connectivity index (χ0v) is 14.7. The van der Waals surface area contributed by atoms with Crippen LogP contribution in [-0.4, -0.2) is 24.8 Å². The molecule has 0 radical (unpaired) electrons. The van der Waals surface area contributed by atoms with Gasteiger partial charge in [0.15, 0.2) is 5.11 Å². The van der Waals surface area contributed by atoms with E-state index in [-0.39, 0.29) is 10.8 Å². The van der Waals surface area contributed by atoms with Gasteiger partial charge in [0.1, 0.15) is 6.33 Å². The summed E-state index contributed by atoms with van der Waals surface area (Å²) in [5.74, 6) is 0.347. The first-order chi connectivity index (χ1) is 12.5. The quantitative estimate of drug-likeness (QED) is 0.405. The number of benzene rings is 2. The zero-order chi connectivity index (χ0) is 18.5. The normalized spacial score (nSPS) is 10.3. The first-order valence-electron chi connectivity index (χ1n) is 7.77. The minimum absolute atomic E-state index is 0.0155. The minimum atomic E-state index is -0.462. The van der Waals surface area contributed by atoms with E-state index in [1.807, 2.05) is 31.2 Å². The summed E-state index contributed by atoms with van der Waals surface area (Å²) < 4.78 is 1.70. The van der Waals surface area contributed by atoms with Crippen LogP contribution in [-0.2, 0) is 6.54 Å². The largest absolute Gasteiger partial charge is 0.332 e. The summed E-state index contributed by atoms with van der Waals surface area (Å²) in [7, 11) is 0. The molecule has 0 bridgehead atoms. The molecule has 0 spiro atoms. The Labute approximate surface area is 155 Å². The number of anilines is 2. The van der Waals surface area contributed by atoms with Gasteiger partial charge in [0.25, 0.3) is 5.69 Å². The van der Waals surface area contributed by atoms with E-state index in [9.17, 15) is 10.1 Å². The monoisotopic (exact) mass is 368 g/mol. The maximum Gasteiger partial charge on any atom is 0.271 e. The Balaban J connectivity index is 1.60. The molecule has 1 heterocycles. The lowest BCUT2D eigenvalue weighted by molar-refractivity contribution is -0.384. The van der Waals surface area contributed by atoms with Gasteiger partial charge in [-0.2, -0.15) is 0 Å². The van der Waals surface area contributed by atoms with Gasteiger partial charge in [0.05, 0.1) is 11.5 Å². The third-order valence-corrected chi connectivity index (χ3v) is 3.75. The Hall–Kier alpha value is -3.33. The van der Waals surface area contributed by atoms with Crippen LogP contribution in [0.15, 0.2) is 54.9 Å². The van der Waals surface area contributed by atoms with Crippen molar-refractivity contribution in [3.63, 3.8) is 0 Å². The topological polar surface area (TPSA) is 97.9 Å². The Morgan fingerprint density at radius 2 is 2.00 bits per heavy atom. The summed E-state index contributed by atoms with van der Waals surface area (Å²) >= 11 is 5.20. The van der Waals surface area contributed by atoms with E-state index >= 15 is 0 Å².